The van der Waals surface area contributed by atoms with Gasteiger partial charge in [0, 0.05) is 12.2 Å². The minimum absolute atomic E-state index is 0.289. The summed E-state index contributed by atoms with van der Waals surface area (Å²) in [4.78, 5) is 11.8. The maximum atomic E-state index is 11.8. The summed E-state index contributed by atoms with van der Waals surface area (Å²) in [5.41, 5.74) is 3.33. The average Bonchev–Trinajstić information content (AvgIpc) is 2.46. The Balaban J connectivity index is 1.93. The van der Waals surface area contributed by atoms with Gasteiger partial charge in [0.05, 0.1) is 11.6 Å². The van der Waals surface area contributed by atoms with E-state index in [1.165, 1.54) is 0 Å². The van der Waals surface area contributed by atoms with Crippen LogP contribution in [0.2, 0.25) is 0 Å². The van der Waals surface area contributed by atoms with Gasteiger partial charge >= 0.3 is 6.03 Å². The first kappa shape index (κ1) is 13.6. The van der Waals surface area contributed by atoms with Crippen LogP contribution in [0.25, 0.3) is 0 Å². The largest absolute Gasteiger partial charge is 0.334 e. The van der Waals surface area contributed by atoms with Crippen molar-refractivity contribution in [2.45, 2.75) is 13.5 Å². The number of hydrogen-bond acceptors (Lipinski definition) is 2. The zero-order valence-electron chi connectivity index (χ0n) is 11.2. The molecule has 2 N–H and O–H groups in total. The lowest BCUT2D eigenvalue weighted by atomic mass is 10.1. The lowest BCUT2D eigenvalue weighted by Crippen LogP contribution is -2.28. The van der Waals surface area contributed by atoms with Gasteiger partial charge in [0.2, 0.25) is 0 Å². The van der Waals surface area contributed by atoms with Crippen molar-refractivity contribution in [3.8, 4) is 6.07 Å². The Morgan fingerprint density at radius 2 is 2.00 bits per heavy atom. The molecule has 0 fully saturated rings. The highest BCUT2D eigenvalue weighted by Gasteiger charge is 2.03. The van der Waals surface area contributed by atoms with Crippen LogP contribution in [0.4, 0.5) is 10.5 Å². The number of carbonyl (C=O) groups excluding carboxylic acids is 1. The molecule has 0 aliphatic rings. The number of amides is 2. The quantitative estimate of drug-likeness (QED) is 0.895. The van der Waals surface area contributed by atoms with Gasteiger partial charge in [-0.15, -0.1) is 0 Å². The van der Waals surface area contributed by atoms with Crippen molar-refractivity contribution in [2.24, 2.45) is 0 Å². The van der Waals surface area contributed by atoms with E-state index in [2.05, 4.69) is 10.6 Å². The van der Waals surface area contributed by atoms with E-state index in [1.54, 1.807) is 24.3 Å². The molecule has 100 valence electrons. The number of rotatable bonds is 3. The van der Waals surface area contributed by atoms with Gasteiger partial charge < -0.3 is 10.6 Å². The van der Waals surface area contributed by atoms with Crippen LogP contribution >= 0.6 is 0 Å². The number of carbonyl (C=O) groups is 1. The maximum Gasteiger partial charge on any atom is 0.319 e. The van der Waals surface area contributed by atoms with E-state index >= 15 is 0 Å². The highest BCUT2D eigenvalue weighted by atomic mass is 16.2. The van der Waals surface area contributed by atoms with Crippen LogP contribution in [-0.4, -0.2) is 6.03 Å². The zero-order chi connectivity index (χ0) is 14.4. The summed E-state index contributed by atoms with van der Waals surface area (Å²) in [5, 5.41) is 14.3. The molecule has 2 aromatic carbocycles. The summed E-state index contributed by atoms with van der Waals surface area (Å²) >= 11 is 0. The summed E-state index contributed by atoms with van der Waals surface area (Å²) in [7, 11) is 0. The van der Waals surface area contributed by atoms with E-state index in [1.807, 2.05) is 37.3 Å². The third kappa shape index (κ3) is 3.59. The predicted molar refractivity (Wildman–Crippen MR) is 78.2 cm³/mol. The molecule has 0 aliphatic carbocycles. The van der Waals surface area contributed by atoms with Crippen LogP contribution in [0.3, 0.4) is 0 Å². The first-order valence-electron chi connectivity index (χ1n) is 6.28. The lowest BCUT2D eigenvalue weighted by molar-refractivity contribution is 0.251. The van der Waals surface area contributed by atoms with E-state index in [9.17, 15) is 4.79 Å². The SMILES string of the molecule is Cc1ccccc1CNC(=O)Nc1cccc(C#N)c1. The van der Waals surface area contributed by atoms with Crippen molar-refractivity contribution in [1.82, 2.24) is 5.32 Å². The highest BCUT2D eigenvalue weighted by molar-refractivity contribution is 5.89. The standard InChI is InChI=1S/C16H15N3O/c1-12-5-2-3-7-14(12)11-18-16(20)19-15-8-4-6-13(9-15)10-17/h2-9H,11H2,1H3,(H2,18,19,20). The fourth-order valence-electron chi connectivity index (χ4n) is 1.83. The first-order valence-corrected chi connectivity index (χ1v) is 6.28. The number of nitriles is 1. The topological polar surface area (TPSA) is 64.9 Å². The van der Waals surface area contributed by atoms with Gasteiger partial charge in [-0.25, -0.2) is 4.79 Å². The number of benzene rings is 2. The Morgan fingerprint density at radius 3 is 2.75 bits per heavy atom. The Bertz CT molecular complexity index is 659. The van der Waals surface area contributed by atoms with Gasteiger partial charge in [-0.3, -0.25) is 0 Å². The highest BCUT2D eigenvalue weighted by Crippen LogP contribution is 2.10. The molecule has 0 aliphatic heterocycles. The van der Waals surface area contributed by atoms with Crippen LogP contribution in [0.1, 0.15) is 16.7 Å². The molecule has 4 nitrogen and oxygen atoms in total. The number of urea groups is 1. The number of nitrogens with zero attached hydrogens (tertiary/aromatic N) is 1. The second-order valence-corrected chi connectivity index (χ2v) is 4.43. The smallest absolute Gasteiger partial charge is 0.319 e. The van der Waals surface area contributed by atoms with Gasteiger partial charge in [0.1, 0.15) is 0 Å². The molecular formula is C16H15N3O. The summed E-state index contributed by atoms with van der Waals surface area (Å²) in [6.07, 6.45) is 0. The molecule has 0 atom stereocenters. The van der Waals surface area contributed by atoms with Gasteiger partial charge in [-0.05, 0) is 36.2 Å². The van der Waals surface area contributed by atoms with Crippen LogP contribution < -0.4 is 10.6 Å². The Labute approximate surface area is 118 Å². The number of nitrogens with one attached hydrogen (secondary N) is 2. The second kappa shape index (κ2) is 6.39. The molecule has 2 amide bonds. The van der Waals surface area contributed by atoms with Crippen molar-refractivity contribution in [3.63, 3.8) is 0 Å². The molecule has 0 saturated heterocycles. The van der Waals surface area contributed by atoms with E-state index < -0.39 is 0 Å². The molecule has 0 spiro atoms. The number of hydrogen-bond donors (Lipinski definition) is 2. The fraction of sp³-hybridized carbons (Fsp3) is 0.125. The number of aryl methyl sites for hydroxylation is 1. The third-order valence-electron chi connectivity index (χ3n) is 2.95. The first-order chi connectivity index (χ1) is 9.69. The minimum Gasteiger partial charge on any atom is -0.334 e. The maximum absolute atomic E-state index is 11.8. The van der Waals surface area contributed by atoms with Crippen LogP contribution in [0, 0.1) is 18.3 Å². The van der Waals surface area contributed by atoms with Crippen LogP contribution in [0.5, 0.6) is 0 Å². The summed E-state index contributed by atoms with van der Waals surface area (Å²) in [6, 6.07) is 16.4. The fourth-order valence-corrected chi connectivity index (χ4v) is 1.83. The summed E-state index contributed by atoms with van der Waals surface area (Å²) in [6.45, 7) is 2.47. The van der Waals surface area contributed by atoms with E-state index in [0.29, 0.717) is 17.8 Å². The lowest BCUT2D eigenvalue weighted by Gasteiger charge is -2.09. The average molecular weight is 265 g/mol. The molecular weight excluding hydrogens is 250 g/mol. The van der Waals surface area contributed by atoms with Gasteiger partial charge in [-0.2, -0.15) is 5.26 Å². The van der Waals surface area contributed by atoms with Gasteiger partial charge in [0.15, 0.2) is 0 Å². The van der Waals surface area contributed by atoms with Crippen LogP contribution in [-0.2, 0) is 6.54 Å². The van der Waals surface area contributed by atoms with Crippen LogP contribution in [0.15, 0.2) is 48.5 Å². The molecule has 0 saturated carbocycles. The van der Waals surface area contributed by atoms with Crippen molar-refractivity contribution in [1.29, 1.82) is 5.26 Å². The third-order valence-corrected chi connectivity index (χ3v) is 2.95. The monoisotopic (exact) mass is 265 g/mol. The Morgan fingerprint density at radius 1 is 1.20 bits per heavy atom. The van der Waals surface area contributed by atoms with Crippen molar-refractivity contribution in [3.05, 3.63) is 65.2 Å². The molecule has 0 bridgehead atoms. The predicted octanol–water partition coefficient (Wildman–Crippen LogP) is 3.19. The van der Waals surface area contributed by atoms with E-state index in [4.69, 9.17) is 5.26 Å². The van der Waals surface area contributed by atoms with E-state index in [0.717, 1.165) is 11.1 Å². The molecule has 0 heterocycles. The molecule has 2 rings (SSSR count). The molecule has 4 heteroatoms. The van der Waals surface area contributed by atoms with Gasteiger partial charge in [-0.1, -0.05) is 30.3 Å². The van der Waals surface area contributed by atoms with Gasteiger partial charge in [0.25, 0.3) is 0 Å². The molecule has 0 unspecified atom stereocenters. The summed E-state index contributed by atoms with van der Waals surface area (Å²) < 4.78 is 0. The van der Waals surface area contributed by atoms with Crippen molar-refractivity contribution in [2.75, 3.05) is 5.32 Å². The second-order valence-electron chi connectivity index (χ2n) is 4.43. The normalized spacial score (nSPS) is 9.60. The van der Waals surface area contributed by atoms with E-state index in [-0.39, 0.29) is 6.03 Å². The molecule has 20 heavy (non-hydrogen) atoms. The molecule has 2 aromatic rings. The Hall–Kier alpha value is -2.80. The molecule has 0 radical (unpaired) electrons. The minimum atomic E-state index is -0.289. The van der Waals surface area contributed by atoms with Crippen molar-refractivity contribution >= 4 is 11.7 Å². The molecule has 0 aromatic heterocycles. The van der Waals surface area contributed by atoms with Crippen molar-refractivity contribution < 1.29 is 4.79 Å². The number of anilines is 1. The Kier molecular flexibility index (Phi) is 4.35. The summed E-state index contributed by atoms with van der Waals surface area (Å²) in [5.74, 6) is 0. The zero-order valence-corrected chi connectivity index (χ0v) is 11.2.